The number of phenols is 1. The normalized spacial score (nSPS) is 12.5. The van der Waals surface area contributed by atoms with Gasteiger partial charge in [0.05, 0.1) is 4.47 Å². The molecule has 1 unspecified atom stereocenters. The standard InChI is InChI=1S/C8H7BrO4/c9-5-3-1-2-4(6(5)10)7(11)8(12)13/h1-3,7,10-11H,(H,12,13). The SMILES string of the molecule is O=C(O)C(O)c1cccc(Br)c1O. The molecule has 0 fully saturated rings. The third kappa shape index (κ3) is 1.99. The van der Waals surface area contributed by atoms with E-state index in [1.54, 1.807) is 6.07 Å². The van der Waals surface area contributed by atoms with Crippen LogP contribution in [0.3, 0.4) is 0 Å². The number of aliphatic carboxylic acids is 1. The van der Waals surface area contributed by atoms with Gasteiger partial charge in [-0.25, -0.2) is 4.79 Å². The van der Waals surface area contributed by atoms with Crippen LogP contribution in [-0.4, -0.2) is 21.3 Å². The molecule has 4 nitrogen and oxygen atoms in total. The number of hydrogen-bond acceptors (Lipinski definition) is 3. The Bertz CT molecular complexity index is 337. The summed E-state index contributed by atoms with van der Waals surface area (Å²) >= 11 is 3.01. The Balaban J connectivity index is 3.15. The molecule has 13 heavy (non-hydrogen) atoms. The average Bonchev–Trinajstić information content (AvgIpc) is 2.08. The van der Waals surface area contributed by atoms with Gasteiger partial charge in [0, 0.05) is 5.56 Å². The zero-order valence-electron chi connectivity index (χ0n) is 6.44. The second-order valence-corrected chi connectivity index (χ2v) is 3.27. The van der Waals surface area contributed by atoms with Crippen molar-refractivity contribution in [2.45, 2.75) is 6.10 Å². The van der Waals surface area contributed by atoms with Crippen LogP contribution in [0.2, 0.25) is 0 Å². The fourth-order valence-electron chi connectivity index (χ4n) is 0.886. The predicted molar refractivity (Wildman–Crippen MR) is 48.4 cm³/mol. The van der Waals surface area contributed by atoms with Crippen molar-refractivity contribution in [3.05, 3.63) is 28.2 Å². The minimum Gasteiger partial charge on any atom is -0.506 e. The molecule has 0 saturated heterocycles. The molecule has 1 aromatic carbocycles. The second kappa shape index (κ2) is 3.76. The van der Waals surface area contributed by atoms with Crippen molar-refractivity contribution in [3.63, 3.8) is 0 Å². The van der Waals surface area contributed by atoms with E-state index in [0.717, 1.165) is 0 Å². The van der Waals surface area contributed by atoms with Gasteiger partial charge in [0.25, 0.3) is 0 Å². The third-order valence-corrected chi connectivity index (χ3v) is 2.19. The summed E-state index contributed by atoms with van der Waals surface area (Å²) in [6.45, 7) is 0. The molecule has 0 saturated carbocycles. The van der Waals surface area contributed by atoms with Crippen LogP contribution < -0.4 is 0 Å². The lowest BCUT2D eigenvalue weighted by molar-refractivity contribution is -0.147. The zero-order valence-corrected chi connectivity index (χ0v) is 8.02. The van der Waals surface area contributed by atoms with E-state index in [1.807, 2.05) is 0 Å². The fraction of sp³-hybridized carbons (Fsp3) is 0.125. The molecule has 0 aliphatic carbocycles. The quantitative estimate of drug-likeness (QED) is 0.735. The monoisotopic (exact) mass is 246 g/mol. The minimum atomic E-state index is -1.70. The van der Waals surface area contributed by atoms with Gasteiger partial charge in [-0.1, -0.05) is 12.1 Å². The molecule has 3 N–H and O–H groups in total. The highest BCUT2D eigenvalue weighted by Gasteiger charge is 2.20. The molecule has 0 radical (unpaired) electrons. The van der Waals surface area contributed by atoms with Gasteiger partial charge in [0.15, 0.2) is 6.10 Å². The van der Waals surface area contributed by atoms with Crippen LogP contribution in [0.5, 0.6) is 5.75 Å². The molecule has 0 bridgehead atoms. The van der Waals surface area contributed by atoms with Crippen LogP contribution in [0, 0.1) is 0 Å². The van der Waals surface area contributed by atoms with Crippen LogP contribution in [0.25, 0.3) is 0 Å². The summed E-state index contributed by atoms with van der Waals surface area (Å²) in [5.74, 6) is -1.65. The molecule has 1 atom stereocenters. The summed E-state index contributed by atoms with van der Waals surface area (Å²) in [6.07, 6.45) is -1.70. The zero-order chi connectivity index (χ0) is 10.0. The number of para-hydroxylation sites is 1. The lowest BCUT2D eigenvalue weighted by Gasteiger charge is -2.08. The highest BCUT2D eigenvalue weighted by Crippen LogP contribution is 2.31. The lowest BCUT2D eigenvalue weighted by Crippen LogP contribution is -2.10. The number of carboxylic acid groups (broad SMARTS) is 1. The smallest absolute Gasteiger partial charge is 0.337 e. The van der Waals surface area contributed by atoms with E-state index in [4.69, 9.17) is 10.2 Å². The summed E-state index contributed by atoms with van der Waals surface area (Å²) < 4.78 is 0.352. The maximum absolute atomic E-state index is 10.4. The Morgan fingerprint density at radius 1 is 1.46 bits per heavy atom. The molecule has 0 amide bonds. The highest BCUT2D eigenvalue weighted by atomic mass is 79.9. The van der Waals surface area contributed by atoms with Crippen LogP contribution in [0.1, 0.15) is 11.7 Å². The van der Waals surface area contributed by atoms with Gasteiger partial charge in [-0.3, -0.25) is 0 Å². The van der Waals surface area contributed by atoms with Gasteiger partial charge in [0.1, 0.15) is 5.75 Å². The predicted octanol–water partition coefficient (Wildman–Crippen LogP) is 1.27. The summed E-state index contributed by atoms with van der Waals surface area (Å²) in [5, 5.41) is 26.9. The molecule has 70 valence electrons. The Kier molecular flexibility index (Phi) is 2.90. The van der Waals surface area contributed by atoms with E-state index in [-0.39, 0.29) is 11.3 Å². The second-order valence-electron chi connectivity index (χ2n) is 2.42. The van der Waals surface area contributed by atoms with Crippen molar-refractivity contribution in [2.24, 2.45) is 0 Å². The number of halogens is 1. The van der Waals surface area contributed by atoms with Gasteiger partial charge < -0.3 is 15.3 Å². The first-order valence-electron chi connectivity index (χ1n) is 3.42. The Morgan fingerprint density at radius 3 is 2.62 bits per heavy atom. The number of carboxylic acids is 1. The summed E-state index contributed by atoms with van der Waals surface area (Å²) in [5.41, 5.74) is -0.0260. The van der Waals surface area contributed by atoms with Crippen molar-refractivity contribution in [3.8, 4) is 5.75 Å². The molecule has 0 aliphatic heterocycles. The average molecular weight is 247 g/mol. The number of aliphatic hydroxyl groups excluding tert-OH is 1. The van der Waals surface area contributed by atoms with Crippen molar-refractivity contribution in [1.29, 1.82) is 0 Å². The molecule has 1 aromatic rings. The van der Waals surface area contributed by atoms with E-state index < -0.39 is 12.1 Å². The molecule has 0 aromatic heterocycles. The molecule has 5 heteroatoms. The van der Waals surface area contributed by atoms with Gasteiger partial charge in [0.2, 0.25) is 0 Å². The van der Waals surface area contributed by atoms with Gasteiger partial charge in [-0.2, -0.15) is 0 Å². The Morgan fingerprint density at radius 2 is 2.08 bits per heavy atom. The molecule has 0 aliphatic rings. The number of hydrogen-bond donors (Lipinski definition) is 3. The summed E-state index contributed by atoms with van der Waals surface area (Å²) in [6, 6.07) is 4.43. The topological polar surface area (TPSA) is 77.8 Å². The van der Waals surface area contributed by atoms with Gasteiger partial charge in [-0.05, 0) is 22.0 Å². The first-order valence-corrected chi connectivity index (χ1v) is 4.21. The first-order chi connectivity index (χ1) is 6.04. The van der Waals surface area contributed by atoms with Crippen LogP contribution in [0.15, 0.2) is 22.7 Å². The summed E-state index contributed by atoms with van der Waals surface area (Å²) in [7, 11) is 0. The highest BCUT2D eigenvalue weighted by molar-refractivity contribution is 9.10. The number of aliphatic hydroxyl groups is 1. The molecular formula is C8H7BrO4. The fourth-order valence-corrected chi connectivity index (χ4v) is 1.27. The number of rotatable bonds is 2. The Hall–Kier alpha value is -1.07. The first kappa shape index (κ1) is 10.0. The number of aromatic hydroxyl groups is 1. The number of benzene rings is 1. The Labute approximate surface area is 82.6 Å². The number of carbonyl (C=O) groups is 1. The third-order valence-electron chi connectivity index (χ3n) is 1.55. The maximum Gasteiger partial charge on any atom is 0.337 e. The van der Waals surface area contributed by atoms with Crippen molar-refractivity contribution in [1.82, 2.24) is 0 Å². The molecular weight excluding hydrogens is 240 g/mol. The van der Waals surface area contributed by atoms with Crippen LogP contribution >= 0.6 is 15.9 Å². The van der Waals surface area contributed by atoms with Gasteiger partial charge >= 0.3 is 5.97 Å². The molecule has 1 rings (SSSR count). The van der Waals surface area contributed by atoms with Crippen molar-refractivity contribution in [2.75, 3.05) is 0 Å². The molecule has 0 heterocycles. The van der Waals surface area contributed by atoms with E-state index in [9.17, 15) is 9.90 Å². The largest absolute Gasteiger partial charge is 0.506 e. The minimum absolute atomic E-state index is 0.0260. The molecule has 0 spiro atoms. The van der Waals surface area contributed by atoms with E-state index in [2.05, 4.69) is 15.9 Å². The van der Waals surface area contributed by atoms with Crippen LogP contribution in [0.4, 0.5) is 0 Å². The summed E-state index contributed by atoms with van der Waals surface area (Å²) in [4.78, 5) is 10.4. The van der Waals surface area contributed by atoms with Gasteiger partial charge in [-0.15, -0.1) is 0 Å². The maximum atomic E-state index is 10.4. The lowest BCUT2D eigenvalue weighted by atomic mass is 10.1. The van der Waals surface area contributed by atoms with Crippen molar-refractivity contribution < 1.29 is 20.1 Å². The van der Waals surface area contributed by atoms with Crippen molar-refractivity contribution >= 4 is 21.9 Å². The van der Waals surface area contributed by atoms with E-state index >= 15 is 0 Å². The number of phenolic OH excluding ortho intramolecular Hbond substituents is 1. The van der Waals surface area contributed by atoms with E-state index in [0.29, 0.717) is 4.47 Å². The van der Waals surface area contributed by atoms with Crippen LogP contribution in [-0.2, 0) is 4.79 Å². The van der Waals surface area contributed by atoms with E-state index in [1.165, 1.54) is 12.1 Å².